The van der Waals surface area contributed by atoms with E-state index in [1.165, 1.54) is 11.1 Å². The van der Waals surface area contributed by atoms with Crippen LogP contribution >= 0.6 is 0 Å². The Hall–Kier alpha value is -2.42. The molecule has 1 N–H and O–H groups in total. The van der Waals surface area contributed by atoms with Crippen LogP contribution in [-0.4, -0.2) is 17.7 Å². The van der Waals surface area contributed by atoms with Gasteiger partial charge in [0.25, 0.3) is 5.91 Å². The maximum atomic E-state index is 12.1. The van der Waals surface area contributed by atoms with Crippen LogP contribution in [-0.2, 0) is 17.6 Å². The molecule has 0 aliphatic heterocycles. The van der Waals surface area contributed by atoms with Crippen molar-refractivity contribution in [2.24, 2.45) is 0 Å². The molecule has 0 radical (unpaired) electrons. The molecule has 0 bridgehead atoms. The Balaban J connectivity index is 1.78. The first-order valence-corrected chi connectivity index (χ1v) is 8.48. The van der Waals surface area contributed by atoms with Gasteiger partial charge in [-0.2, -0.15) is 0 Å². The molecule has 126 valence electrons. The van der Waals surface area contributed by atoms with E-state index >= 15 is 0 Å². The van der Waals surface area contributed by atoms with Gasteiger partial charge < -0.3 is 10.1 Å². The normalized spacial score (nSPS) is 11.8. The molecular formula is C21H25NO2. The Morgan fingerprint density at radius 3 is 2.08 bits per heavy atom. The molecule has 3 nitrogen and oxygen atoms in total. The highest BCUT2D eigenvalue weighted by atomic mass is 16.1. The summed E-state index contributed by atoms with van der Waals surface area (Å²) in [5.41, 5.74) is 3.14. The van der Waals surface area contributed by atoms with Gasteiger partial charge in [0.15, 0.2) is 0 Å². The van der Waals surface area contributed by atoms with Crippen LogP contribution in [0.3, 0.4) is 0 Å². The minimum absolute atomic E-state index is 0.0253. The van der Waals surface area contributed by atoms with Gasteiger partial charge in [0.1, 0.15) is 5.78 Å². The quantitative estimate of drug-likeness (QED) is 0.799. The van der Waals surface area contributed by atoms with Crippen molar-refractivity contribution in [1.29, 1.82) is 0 Å². The van der Waals surface area contributed by atoms with Gasteiger partial charge in [-0.15, -0.1) is 0 Å². The van der Waals surface area contributed by atoms with Gasteiger partial charge in [-0.3, -0.25) is 4.79 Å². The van der Waals surface area contributed by atoms with Crippen LogP contribution in [0.25, 0.3) is 0 Å². The molecule has 2 aromatic rings. The highest BCUT2D eigenvalue weighted by Crippen LogP contribution is 2.10. The van der Waals surface area contributed by atoms with Crippen molar-refractivity contribution >= 4 is 11.7 Å². The summed E-state index contributed by atoms with van der Waals surface area (Å²) in [6.07, 6.45) is 3.22. The van der Waals surface area contributed by atoms with Crippen LogP contribution in [0.15, 0.2) is 54.6 Å². The first kappa shape index (κ1) is 17.9. The number of amides is 1. The van der Waals surface area contributed by atoms with E-state index in [1.54, 1.807) is 6.92 Å². The Morgan fingerprint density at radius 1 is 0.917 bits per heavy atom. The Morgan fingerprint density at radius 2 is 1.50 bits per heavy atom. The fourth-order valence-corrected chi connectivity index (χ4v) is 2.54. The summed E-state index contributed by atoms with van der Waals surface area (Å²) >= 11 is 0. The third kappa shape index (κ3) is 5.99. The summed E-state index contributed by atoms with van der Waals surface area (Å²) in [7, 11) is 0. The second kappa shape index (κ2) is 9.02. The summed E-state index contributed by atoms with van der Waals surface area (Å²) in [6, 6.07) is 17.8. The fraction of sp³-hybridized carbons (Fsp3) is 0.333. The minimum atomic E-state index is -0.0253. The Kier molecular flexibility index (Phi) is 6.74. The van der Waals surface area contributed by atoms with Gasteiger partial charge in [0, 0.05) is 18.0 Å². The highest BCUT2D eigenvalue weighted by Gasteiger charge is 2.09. The third-order valence-corrected chi connectivity index (χ3v) is 4.07. The molecule has 0 fully saturated rings. The summed E-state index contributed by atoms with van der Waals surface area (Å²) in [4.78, 5) is 23.1. The van der Waals surface area contributed by atoms with Crippen molar-refractivity contribution in [3.63, 3.8) is 0 Å². The van der Waals surface area contributed by atoms with Crippen molar-refractivity contribution in [2.45, 2.75) is 45.6 Å². The lowest BCUT2D eigenvalue weighted by Gasteiger charge is -2.14. The van der Waals surface area contributed by atoms with Crippen LogP contribution < -0.4 is 5.32 Å². The van der Waals surface area contributed by atoms with Gasteiger partial charge in [0.2, 0.25) is 0 Å². The number of hydrogen-bond acceptors (Lipinski definition) is 2. The second-order valence-corrected chi connectivity index (χ2v) is 6.30. The molecular weight excluding hydrogens is 298 g/mol. The lowest BCUT2D eigenvalue weighted by molar-refractivity contribution is -0.116. The molecule has 1 atom stereocenters. The molecule has 0 spiro atoms. The van der Waals surface area contributed by atoms with E-state index in [1.807, 2.05) is 37.3 Å². The predicted octanol–water partition coefficient (Wildman–Crippen LogP) is 3.96. The maximum absolute atomic E-state index is 12.1. The van der Waals surface area contributed by atoms with Crippen LogP contribution in [0.2, 0.25) is 0 Å². The lowest BCUT2D eigenvalue weighted by atomic mass is 10.0. The van der Waals surface area contributed by atoms with Crippen LogP contribution in [0, 0.1) is 0 Å². The molecule has 0 aliphatic rings. The van der Waals surface area contributed by atoms with Crippen molar-refractivity contribution in [3.05, 3.63) is 71.3 Å². The van der Waals surface area contributed by atoms with E-state index in [-0.39, 0.29) is 17.7 Å². The van der Waals surface area contributed by atoms with Crippen molar-refractivity contribution < 1.29 is 9.59 Å². The van der Waals surface area contributed by atoms with E-state index in [4.69, 9.17) is 0 Å². The van der Waals surface area contributed by atoms with Crippen LogP contribution in [0.1, 0.15) is 48.2 Å². The first-order valence-electron chi connectivity index (χ1n) is 8.48. The molecule has 0 heterocycles. The fourth-order valence-electron chi connectivity index (χ4n) is 2.54. The van der Waals surface area contributed by atoms with Gasteiger partial charge in [0.05, 0.1) is 0 Å². The predicted molar refractivity (Wildman–Crippen MR) is 97.1 cm³/mol. The Bertz CT molecular complexity index is 662. The molecule has 1 amide bonds. The van der Waals surface area contributed by atoms with E-state index in [0.29, 0.717) is 12.0 Å². The smallest absolute Gasteiger partial charge is 0.251 e. The second-order valence-electron chi connectivity index (χ2n) is 6.30. The number of carbonyl (C=O) groups is 2. The van der Waals surface area contributed by atoms with E-state index in [9.17, 15) is 9.59 Å². The van der Waals surface area contributed by atoms with Crippen molar-refractivity contribution in [1.82, 2.24) is 5.32 Å². The molecule has 0 aliphatic carbocycles. The first-order chi connectivity index (χ1) is 11.5. The van der Waals surface area contributed by atoms with E-state index in [2.05, 4.69) is 29.6 Å². The van der Waals surface area contributed by atoms with E-state index in [0.717, 1.165) is 19.3 Å². The molecule has 0 saturated heterocycles. The zero-order valence-corrected chi connectivity index (χ0v) is 14.4. The number of ketones is 1. The molecule has 0 saturated carbocycles. The number of benzene rings is 2. The molecule has 0 unspecified atom stereocenters. The van der Waals surface area contributed by atoms with Crippen LogP contribution in [0.4, 0.5) is 0 Å². The SMILES string of the molecule is CC(=O)CCc1ccc(CC[C@@H](C)NC(=O)c2ccccc2)cc1. The molecule has 3 heteroatoms. The molecule has 2 rings (SSSR count). The van der Waals surface area contributed by atoms with Gasteiger partial charge in [-0.25, -0.2) is 0 Å². The zero-order valence-electron chi connectivity index (χ0n) is 14.4. The van der Waals surface area contributed by atoms with E-state index < -0.39 is 0 Å². The number of rotatable bonds is 8. The molecule has 24 heavy (non-hydrogen) atoms. The summed E-state index contributed by atoms with van der Waals surface area (Å²) < 4.78 is 0. The van der Waals surface area contributed by atoms with Crippen LogP contribution in [0.5, 0.6) is 0 Å². The Labute approximate surface area is 144 Å². The van der Waals surface area contributed by atoms with Gasteiger partial charge in [-0.05, 0) is 56.4 Å². The lowest BCUT2D eigenvalue weighted by Crippen LogP contribution is -2.32. The molecule has 0 aromatic heterocycles. The number of nitrogens with one attached hydrogen (secondary N) is 1. The minimum Gasteiger partial charge on any atom is -0.350 e. The largest absolute Gasteiger partial charge is 0.350 e. The summed E-state index contributed by atoms with van der Waals surface area (Å²) in [5, 5.41) is 3.03. The van der Waals surface area contributed by atoms with Gasteiger partial charge >= 0.3 is 0 Å². The zero-order chi connectivity index (χ0) is 17.4. The van der Waals surface area contributed by atoms with Gasteiger partial charge in [-0.1, -0.05) is 42.5 Å². The standard InChI is InChI=1S/C21H25NO2/c1-16(22-21(24)20-6-4-3-5-7-20)8-10-18-12-14-19(15-13-18)11-9-17(2)23/h3-7,12-16H,8-11H2,1-2H3,(H,22,24)/t16-/m1/s1. The third-order valence-electron chi connectivity index (χ3n) is 4.07. The maximum Gasteiger partial charge on any atom is 0.251 e. The monoisotopic (exact) mass is 323 g/mol. The average molecular weight is 323 g/mol. The number of aryl methyl sites for hydroxylation is 2. The number of hydrogen-bond donors (Lipinski definition) is 1. The number of carbonyl (C=O) groups excluding carboxylic acids is 2. The van der Waals surface area contributed by atoms with Crippen molar-refractivity contribution in [2.75, 3.05) is 0 Å². The molecule has 2 aromatic carbocycles. The number of Topliss-reactive ketones (excluding diaryl/α,β-unsaturated/α-hetero) is 1. The average Bonchev–Trinajstić information content (AvgIpc) is 2.59. The topological polar surface area (TPSA) is 46.2 Å². The summed E-state index contributed by atoms with van der Waals surface area (Å²) in [5.74, 6) is 0.199. The van der Waals surface area contributed by atoms with Crippen molar-refractivity contribution in [3.8, 4) is 0 Å². The summed E-state index contributed by atoms with van der Waals surface area (Å²) in [6.45, 7) is 3.65. The highest BCUT2D eigenvalue weighted by molar-refractivity contribution is 5.94.